The molecular weight excluding hydrogens is 226 g/mol. The SMILES string of the molecule is Nc1cc(-c2cnoc2)ccc1N1CCCCC1. The van der Waals surface area contributed by atoms with Crippen LogP contribution in [0, 0.1) is 0 Å². The molecule has 1 aromatic heterocycles. The van der Waals surface area contributed by atoms with Crippen molar-refractivity contribution < 1.29 is 4.52 Å². The molecule has 0 atom stereocenters. The lowest BCUT2D eigenvalue weighted by Gasteiger charge is -2.30. The number of nitrogens with two attached hydrogens (primary N) is 1. The fourth-order valence-electron chi connectivity index (χ4n) is 2.50. The molecule has 1 fully saturated rings. The summed E-state index contributed by atoms with van der Waals surface area (Å²) in [6.45, 7) is 2.22. The number of anilines is 2. The molecule has 1 aliphatic rings. The van der Waals surface area contributed by atoms with Gasteiger partial charge in [-0.2, -0.15) is 0 Å². The van der Waals surface area contributed by atoms with E-state index in [0.717, 1.165) is 35.6 Å². The van der Waals surface area contributed by atoms with E-state index in [1.165, 1.54) is 19.3 Å². The minimum absolute atomic E-state index is 0.829. The lowest BCUT2D eigenvalue weighted by Crippen LogP contribution is -2.29. The van der Waals surface area contributed by atoms with Gasteiger partial charge in [-0.1, -0.05) is 11.2 Å². The van der Waals surface area contributed by atoms with E-state index in [0.29, 0.717) is 0 Å². The van der Waals surface area contributed by atoms with Crippen LogP contribution < -0.4 is 10.6 Å². The number of piperidine rings is 1. The second kappa shape index (κ2) is 4.72. The summed E-state index contributed by atoms with van der Waals surface area (Å²) >= 11 is 0. The number of aromatic nitrogens is 1. The first kappa shape index (κ1) is 11.1. The van der Waals surface area contributed by atoms with Gasteiger partial charge in [-0.25, -0.2) is 0 Å². The van der Waals surface area contributed by atoms with Gasteiger partial charge in [-0.05, 0) is 37.0 Å². The van der Waals surface area contributed by atoms with Gasteiger partial charge in [-0.15, -0.1) is 0 Å². The highest BCUT2D eigenvalue weighted by Gasteiger charge is 2.14. The van der Waals surface area contributed by atoms with Crippen molar-refractivity contribution >= 4 is 11.4 Å². The first-order chi connectivity index (χ1) is 8.84. The van der Waals surface area contributed by atoms with E-state index in [1.807, 2.05) is 6.07 Å². The predicted octanol–water partition coefficient (Wildman–Crippen LogP) is 2.91. The average Bonchev–Trinajstić information content (AvgIpc) is 2.93. The second-order valence-corrected chi connectivity index (χ2v) is 4.73. The molecule has 0 unspecified atom stereocenters. The Labute approximate surface area is 106 Å². The summed E-state index contributed by atoms with van der Waals surface area (Å²) in [6.07, 6.45) is 7.18. The van der Waals surface area contributed by atoms with Crippen molar-refractivity contribution in [1.82, 2.24) is 5.16 Å². The Morgan fingerprint density at radius 2 is 1.94 bits per heavy atom. The largest absolute Gasteiger partial charge is 0.397 e. The molecule has 3 rings (SSSR count). The Balaban J connectivity index is 1.89. The Hall–Kier alpha value is -1.97. The van der Waals surface area contributed by atoms with Crippen LogP contribution in [-0.4, -0.2) is 18.2 Å². The highest BCUT2D eigenvalue weighted by Crippen LogP contribution is 2.30. The van der Waals surface area contributed by atoms with Crippen molar-refractivity contribution in [3.05, 3.63) is 30.7 Å². The molecule has 0 spiro atoms. The first-order valence-electron chi connectivity index (χ1n) is 6.39. The zero-order valence-corrected chi connectivity index (χ0v) is 10.3. The molecule has 0 amide bonds. The van der Waals surface area contributed by atoms with Gasteiger partial charge in [-0.3, -0.25) is 0 Å². The van der Waals surface area contributed by atoms with Crippen LogP contribution in [-0.2, 0) is 0 Å². The Morgan fingerprint density at radius 1 is 1.11 bits per heavy atom. The summed E-state index contributed by atoms with van der Waals surface area (Å²) in [4.78, 5) is 2.37. The van der Waals surface area contributed by atoms with Crippen molar-refractivity contribution in [3.8, 4) is 11.1 Å². The third-order valence-electron chi connectivity index (χ3n) is 3.49. The Morgan fingerprint density at radius 3 is 2.61 bits per heavy atom. The summed E-state index contributed by atoms with van der Waals surface area (Å²) < 4.78 is 4.85. The van der Waals surface area contributed by atoms with Crippen LogP contribution in [0.4, 0.5) is 11.4 Å². The van der Waals surface area contributed by atoms with Gasteiger partial charge in [0.05, 0.1) is 17.6 Å². The van der Waals surface area contributed by atoms with Crippen LogP contribution in [0.2, 0.25) is 0 Å². The van der Waals surface area contributed by atoms with Gasteiger partial charge >= 0.3 is 0 Å². The molecule has 94 valence electrons. The zero-order valence-electron chi connectivity index (χ0n) is 10.3. The molecule has 1 saturated heterocycles. The molecule has 2 N–H and O–H groups in total. The maximum Gasteiger partial charge on any atom is 0.131 e. The predicted molar refractivity (Wildman–Crippen MR) is 72.4 cm³/mol. The lowest BCUT2D eigenvalue weighted by molar-refractivity contribution is 0.420. The first-order valence-corrected chi connectivity index (χ1v) is 6.39. The van der Waals surface area contributed by atoms with Crippen molar-refractivity contribution in [3.63, 3.8) is 0 Å². The number of nitrogen functional groups attached to an aromatic ring is 1. The average molecular weight is 243 g/mol. The fourth-order valence-corrected chi connectivity index (χ4v) is 2.50. The molecule has 0 bridgehead atoms. The fraction of sp³-hybridized carbons (Fsp3) is 0.357. The number of nitrogens with zero attached hydrogens (tertiary/aromatic N) is 2. The third kappa shape index (κ3) is 2.06. The molecule has 18 heavy (non-hydrogen) atoms. The summed E-state index contributed by atoms with van der Waals surface area (Å²) in [5.74, 6) is 0. The molecule has 2 heterocycles. The van der Waals surface area contributed by atoms with Gasteiger partial charge in [0.25, 0.3) is 0 Å². The molecule has 0 saturated carbocycles. The monoisotopic (exact) mass is 243 g/mol. The van der Waals surface area contributed by atoms with Gasteiger partial charge in [0.1, 0.15) is 6.26 Å². The van der Waals surface area contributed by atoms with Gasteiger partial charge in [0.2, 0.25) is 0 Å². The number of benzene rings is 1. The van der Waals surface area contributed by atoms with Gasteiger partial charge in [0.15, 0.2) is 0 Å². The van der Waals surface area contributed by atoms with Crippen LogP contribution >= 0.6 is 0 Å². The smallest absolute Gasteiger partial charge is 0.131 e. The van der Waals surface area contributed by atoms with E-state index < -0.39 is 0 Å². The van der Waals surface area contributed by atoms with Crippen molar-refractivity contribution in [1.29, 1.82) is 0 Å². The van der Waals surface area contributed by atoms with Crippen molar-refractivity contribution in [2.45, 2.75) is 19.3 Å². The van der Waals surface area contributed by atoms with E-state index in [2.05, 4.69) is 22.2 Å². The normalized spacial score (nSPS) is 15.9. The molecule has 2 aromatic rings. The van der Waals surface area contributed by atoms with Crippen LogP contribution in [0.15, 0.2) is 35.2 Å². The van der Waals surface area contributed by atoms with E-state index in [9.17, 15) is 0 Å². The highest BCUT2D eigenvalue weighted by molar-refractivity contribution is 5.76. The zero-order chi connectivity index (χ0) is 12.4. The Kier molecular flexibility index (Phi) is 2.92. The van der Waals surface area contributed by atoms with E-state index >= 15 is 0 Å². The quantitative estimate of drug-likeness (QED) is 0.824. The second-order valence-electron chi connectivity index (χ2n) is 4.73. The van der Waals surface area contributed by atoms with Crippen molar-refractivity contribution in [2.24, 2.45) is 0 Å². The molecule has 1 aromatic carbocycles. The summed E-state index contributed by atoms with van der Waals surface area (Å²) in [5.41, 5.74) is 10.2. The molecule has 1 aliphatic heterocycles. The molecular formula is C14H17N3O. The highest BCUT2D eigenvalue weighted by atomic mass is 16.5. The molecule has 0 aliphatic carbocycles. The lowest BCUT2D eigenvalue weighted by atomic mass is 10.1. The van der Waals surface area contributed by atoms with Crippen LogP contribution in [0.3, 0.4) is 0 Å². The standard InChI is InChI=1S/C14H17N3O/c15-13-8-11(12-9-16-18-10-12)4-5-14(13)17-6-2-1-3-7-17/h4-5,8-10H,1-3,6-7,15H2. The topological polar surface area (TPSA) is 55.3 Å². The maximum atomic E-state index is 6.17. The van der Waals surface area contributed by atoms with E-state index in [-0.39, 0.29) is 0 Å². The summed E-state index contributed by atoms with van der Waals surface area (Å²) in [7, 11) is 0. The van der Waals surface area contributed by atoms with Crippen LogP contribution in [0.5, 0.6) is 0 Å². The van der Waals surface area contributed by atoms with Crippen LogP contribution in [0.25, 0.3) is 11.1 Å². The molecule has 4 nitrogen and oxygen atoms in total. The molecule has 0 radical (unpaired) electrons. The number of rotatable bonds is 2. The maximum absolute atomic E-state index is 6.17. The van der Waals surface area contributed by atoms with E-state index in [4.69, 9.17) is 10.3 Å². The number of hydrogen-bond acceptors (Lipinski definition) is 4. The summed E-state index contributed by atoms with van der Waals surface area (Å²) in [5, 5.41) is 3.71. The Bertz CT molecular complexity index is 516. The third-order valence-corrected chi connectivity index (χ3v) is 3.49. The summed E-state index contributed by atoms with van der Waals surface area (Å²) in [6, 6.07) is 6.17. The molecule has 4 heteroatoms. The minimum atomic E-state index is 0.829. The van der Waals surface area contributed by atoms with Crippen molar-refractivity contribution in [2.75, 3.05) is 23.7 Å². The minimum Gasteiger partial charge on any atom is -0.397 e. The van der Waals surface area contributed by atoms with Gasteiger partial charge < -0.3 is 15.2 Å². The van der Waals surface area contributed by atoms with Gasteiger partial charge in [0, 0.05) is 18.7 Å². The van der Waals surface area contributed by atoms with E-state index in [1.54, 1.807) is 12.5 Å². The number of hydrogen-bond donors (Lipinski definition) is 1. The van der Waals surface area contributed by atoms with Crippen LogP contribution in [0.1, 0.15) is 19.3 Å².